The molecule has 0 aliphatic carbocycles. The zero-order valence-corrected chi connectivity index (χ0v) is 16.7. The molecule has 0 radical (unpaired) electrons. The minimum Gasteiger partial charge on any atom is -0.365 e. The average Bonchev–Trinajstić information content (AvgIpc) is 3.03. The van der Waals surface area contributed by atoms with Gasteiger partial charge in [0.2, 0.25) is 15.8 Å². The van der Waals surface area contributed by atoms with Crippen molar-refractivity contribution in [2.75, 3.05) is 32.4 Å². The van der Waals surface area contributed by atoms with Gasteiger partial charge in [0.25, 0.3) is 5.91 Å². The van der Waals surface area contributed by atoms with Crippen LogP contribution in [0.2, 0.25) is 0 Å². The Morgan fingerprint density at radius 1 is 1.22 bits per heavy atom. The summed E-state index contributed by atoms with van der Waals surface area (Å²) >= 11 is 0. The first kappa shape index (κ1) is 18.8. The molecule has 10 heteroatoms. The number of ether oxygens (including phenoxy) is 1. The Kier molecular flexibility index (Phi) is 4.76. The van der Waals surface area contributed by atoms with Crippen LogP contribution < -0.4 is 0 Å². The summed E-state index contributed by atoms with van der Waals surface area (Å²) < 4.78 is 33.0. The van der Waals surface area contributed by atoms with E-state index in [2.05, 4.69) is 17.1 Å². The Balaban J connectivity index is 1.52. The van der Waals surface area contributed by atoms with Crippen molar-refractivity contribution in [2.24, 2.45) is 5.92 Å². The molecule has 1 amide bonds. The molecule has 27 heavy (non-hydrogen) atoms. The fraction of sp³-hybridized carbons (Fsp3) is 0.824. The number of likely N-dealkylation sites (tertiary alicyclic amines) is 1. The van der Waals surface area contributed by atoms with Crippen LogP contribution in [0.15, 0.2) is 0 Å². The molecule has 3 aliphatic heterocycles. The third-order valence-electron chi connectivity index (χ3n) is 6.02. The molecule has 2 fully saturated rings. The van der Waals surface area contributed by atoms with Crippen molar-refractivity contribution in [1.82, 2.24) is 24.0 Å². The van der Waals surface area contributed by atoms with E-state index in [0.29, 0.717) is 56.6 Å². The zero-order chi connectivity index (χ0) is 19.2. The predicted molar refractivity (Wildman–Crippen MR) is 97.5 cm³/mol. The van der Waals surface area contributed by atoms with E-state index in [1.54, 1.807) is 0 Å². The van der Waals surface area contributed by atoms with Gasteiger partial charge in [-0.05, 0) is 31.6 Å². The molecule has 1 aromatic rings. The highest BCUT2D eigenvalue weighted by Crippen LogP contribution is 2.34. The van der Waals surface area contributed by atoms with Crippen molar-refractivity contribution in [1.29, 1.82) is 0 Å². The van der Waals surface area contributed by atoms with Crippen LogP contribution in [-0.4, -0.2) is 76.3 Å². The second kappa shape index (κ2) is 6.82. The van der Waals surface area contributed by atoms with Crippen molar-refractivity contribution in [3.63, 3.8) is 0 Å². The molecule has 0 bridgehead atoms. The van der Waals surface area contributed by atoms with Crippen LogP contribution in [0, 0.1) is 5.92 Å². The van der Waals surface area contributed by atoms with Crippen LogP contribution >= 0.6 is 0 Å². The van der Waals surface area contributed by atoms with Crippen LogP contribution in [-0.2, 0) is 27.9 Å². The molecule has 0 saturated carbocycles. The summed E-state index contributed by atoms with van der Waals surface area (Å²) in [6.45, 7) is 5.35. The Bertz CT molecular complexity index is 828. The van der Waals surface area contributed by atoms with Gasteiger partial charge in [0.15, 0.2) is 5.82 Å². The summed E-state index contributed by atoms with van der Waals surface area (Å²) in [5, 5.41) is 8.32. The number of piperidine rings is 2. The number of fused-ring (bicyclic) bond motifs is 1. The predicted octanol–water partition coefficient (Wildman–Crippen LogP) is 0.475. The normalized spacial score (nSPS) is 26.1. The van der Waals surface area contributed by atoms with Gasteiger partial charge in [-0.15, -0.1) is 10.2 Å². The van der Waals surface area contributed by atoms with Gasteiger partial charge in [-0.3, -0.25) is 4.79 Å². The van der Waals surface area contributed by atoms with Crippen LogP contribution in [0.3, 0.4) is 0 Å². The molecule has 150 valence electrons. The smallest absolute Gasteiger partial charge is 0.291 e. The average molecular weight is 398 g/mol. The first-order valence-electron chi connectivity index (χ1n) is 9.58. The van der Waals surface area contributed by atoms with Gasteiger partial charge in [0.05, 0.1) is 18.4 Å². The second-order valence-electron chi connectivity index (χ2n) is 8.16. The molecular formula is C17H27N5O4S. The van der Waals surface area contributed by atoms with Gasteiger partial charge in [0, 0.05) is 26.2 Å². The largest absolute Gasteiger partial charge is 0.365 e. The van der Waals surface area contributed by atoms with E-state index in [1.165, 1.54) is 10.6 Å². The maximum atomic E-state index is 13.0. The van der Waals surface area contributed by atoms with E-state index in [1.807, 2.05) is 9.47 Å². The number of aromatic nitrogens is 3. The number of hydrogen-bond donors (Lipinski definition) is 0. The highest BCUT2D eigenvalue weighted by molar-refractivity contribution is 7.88. The van der Waals surface area contributed by atoms with E-state index in [0.717, 1.165) is 25.9 Å². The van der Waals surface area contributed by atoms with Crippen LogP contribution in [0.1, 0.15) is 49.1 Å². The van der Waals surface area contributed by atoms with Crippen molar-refractivity contribution in [2.45, 2.75) is 51.4 Å². The topological polar surface area (TPSA) is 97.6 Å². The SMILES string of the molecule is CC1CCCN(C(=O)c2nnc3n2CC2(CCN(S(C)(=O)=O)CC2)OC3)C1. The van der Waals surface area contributed by atoms with Gasteiger partial charge in [-0.25, -0.2) is 12.7 Å². The zero-order valence-electron chi connectivity index (χ0n) is 15.9. The van der Waals surface area contributed by atoms with Crippen LogP contribution in [0.25, 0.3) is 0 Å². The molecule has 9 nitrogen and oxygen atoms in total. The van der Waals surface area contributed by atoms with Gasteiger partial charge >= 0.3 is 0 Å². The summed E-state index contributed by atoms with van der Waals surface area (Å²) in [6, 6.07) is 0. The monoisotopic (exact) mass is 397 g/mol. The van der Waals surface area contributed by atoms with Crippen molar-refractivity contribution < 1.29 is 17.9 Å². The third kappa shape index (κ3) is 3.62. The maximum Gasteiger partial charge on any atom is 0.291 e. The lowest BCUT2D eigenvalue weighted by Crippen LogP contribution is -2.52. The lowest BCUT2D eigenvalue weighted by Gasteiger charge is -2.43. The molecule has 1 aromatic heterocycles. The van der Waals surface area contributed by atoms with Crippen molar-refractivity contribution in [3.05, 3.63) is 11.6 Å². The summed E-state index contributed by atoms with van der Waals surface area (Å²) in [6.07, 6.45) is 4.61. The van der Waals surface area contributed by atoms with Gasteiger partial charge < -0.3 is 14.2 Å². The van der Waals surface area contributed by atoms with Gasteiger partial charge in [-0.2, -0.15) is 0 Å². The standard InChI is InChI=1S/C17H27N5O4S/c1-13-4-3-7-20(10-13)16(23)15-19-18-14-11-26-17(12-22(14)15)5-8-21(9-6-17)27(2,24)25/h13H,3-12H2,1-2H3. The third-order valence-corrected chi connectivity index (χ3v) is 7.32. The van der Waals surface area contributed by atoms with E-state index >= 15 is 0 Å². The number of carbonyl (C=O) groups excluding carboxylic acids is 1. The number of nitrogens with zero attached hydrogens (tertiary/aromatic N) is 5. The first-order valence-corrected chi connectivity index (χ1v) is 11.4. The molecular weight excluding hydrogens is 370 g/mol. The van der Waals surface area contributed by atoms with Gasteiger partial charge in [0.1, 0.15) is 6.61 Å². The number of rotatable bonds is 2. The Morgan fingerprint density at radius 2 is 1.96 bits per heavy atom. The van der Waals surface area contributed by atoms with E-state index in [9.17, 15) is 13.2 Å². The Labute approximate surface area is 159 Å². The van der Waals surface area contributed by atoms with E-state index in [4.69, 9.17) is 4.74 Å². The molecule has 1 atom stereocenters. The van der Waals surface area contributed by atoms with E-state index < -0.39 is 15.6 Å². The summed E-state index contributed by atoms with van der Waals surface area (Å²) in [7, 11) is -3.19. The summed E-state index contributed by atoms with van der Waals surface area (Å²) in [4.78, 5) is 14.9. The first-order chi connectivity index (χ1) is 12.8. The number of sulfonamides is 1. The minimum absolute atomic E-state index is 0.0640. The molecule has 4 heterocycles. The fourth-order valence-corrected chi connectivity index (χ4v) is 5.21. The molecule has 0 aromatic carbocycles. The number of carbonyl (C=O) groups is 1. The molecule has 2 saturated heterocycles. The van der Waals surface area contributed by atoms with E-state index in [-0.39, 0.29) is 5.91 Å². The lowest BCUT2D eigenvalue weighted by molar-refractivity contribution is -0.115. The van der Waals surface area contributed by atoms with Crippen molar-refractivity contribution in [3.8, 4) is 0 Å². The number of hydrogen-bond acceptors (Lipinski definition) is 6. The lowest BCUT2D eigenvalue weighted by atomic mass is 9.91. The molecule has 0 N–H and O–H groups in total. The minimum atomic E-state index is -3.19. The Hall–Kier alpha value is -1.52. The van der Waals surface area contributed by atoms with Crippen LogP contribution in [0.4, 0.5) is 0 Å². The maximum absolute atomic E-state index is 13.0. The highest BCUT2D eigenvalue weighted by Gasteiger charge is 2.43. The highest BCUT2D eigenvalue weighted by atomic mass is 32.2. The fourth-order valence-electron chi connectivity index (χ4n) is 4.36. The van der Waals surface area contributed by atoms with Crippen molar-refractivity contribution >= 4 is 15.9 Å². The molecule has 1 unspecified atom stereocenters. The van der Waals surface area contributed by atoms with Gasteiger partial charge in [-0.1, -0.05) is 6.92 Å². The quantitative estimate of drug-likeness (QED) is 0.720. The number of amides is 1. The Morgan fingerprint density at radius 3 is 2.63 bits per heavy atom. The summed E-state index contributed by atoms with van der Waals surface area (Å²) in [5.41, 5.74) is -0.458. The molecule has 1 spiro atoms. The van der Waals surface area contributed by atoms with Crippen LogP contribution in [0.5, 0.6) is 0 Å². The molecule has 4 rings (SSSR count). The second-order valence-corrected chi connectivity index (χ2v) is 10.1. The molecule has 3 aliphatic rings. The summed E-state index contributed by atoms with van der Waals surface area (Å²) in [5.74, 6) is 1.49.